The van der Waals surface area contributed by atoms with E-state index in [0.717, 1.165) is 23.9 Å². The van der Waals surface area contributed by atoms with Gasteiger partial charge in [-0.2, -0.15) is 0 Å². The number of carbonyl (C=O) groups excluding carboxylic acids is 2. The molecule has 1 heterocycles. The largest absolute Gasteiger partial charge is 0.345 e. The van der Waals surface area contributed by atoms with Crippen molar-refractivity contribution in [3.05, 3.63) is 65.7 Å². The van der Waals surface area contributed by atoms with Gasteiger partial charge in [-0.25, -0.2) is 9.37 Å². The Morgan fingerprint density at radius 2 is 1.86 bits per heavy atom. The van der Waals surface area contributed by atoms with Gasteiger partial charge < -0.3 is 14.8 Å². The van der Waals surface area contributed by atoms with Gasteiger partial charge in [0, 0.05) is 13.6 Å². The number of nitrogens with one attached hydrogen (secondary N) is 1. The van der Waals surface area contributed by atoms with Crippen LogP contribution in [0.2, 0.25) is 0 Å². The third-order valence-corrected chi connectivity index (χ3v) is 4.83. The lowest BCUT2D eigenvalue weighted by molar-refractivity contribution is -0.130. The smallest absolute Gasteiger partial charge is 0.254 e. The Kier molecular flexibility index (Phi) is 6.59. The summed E-state index contributed by atoms with van der Waals surface area (Å²) in [6, 6.07) is 13.3. The molecule has 3 aromatic rings. The minimum atomic E-state index is -0.578. The zero-order valence-electron chi connectivity index (χ0n) is 16.7. The van der Waals surface area contributed by atoms with E-state index in [2.05, 4.69) is 17.2 Å². The molecule has 1 aromatic heterocycles. The van der Waals surface area contributed by atoms with E-state index in [4.69, 9.17) is 0 Å². The Morgan fingerprint density at radius 1 is 1.14 bits per heavy atom. The molecule has 0 spiro atoms. The van der Waals surface area contributed by atoms with Gasteiger partial charge in [0.2, 0.25) is 5.91 Å². The maximum Gasteiger partial charge on any atom is 0.254 e. The van der Waals surface area contributed by atoms with Gasteiger partial charge in [0.15, 0.2) is 0 Å². The highest BCUT2D eigenvalue weighted by atomic mass is 19.1. The van der Waals surface area contributed by atoms with Gasteiger partial charge in [0.25, 0.3) is 5.91 Å². The van der Waals surface area contributed by atoms with E-state index in [1.54, 1.807) is 18.0 Å². The van der Waals surface area contributed by atoms with Crippen LogP contribution in [0, 0.1) is 5.82 Å². The minimum Gasteiger partial charge on any atom is -0.345 e. The van der Waals surface area contributed by atoms with Crippen molar-refractivity contribution in [3.63, 3.8) is 0 Å². The summed E-state index contributed by atoms with van der Waals surface area (Å²) in [5.74, 6) is -0.573. The normalized spacial score (nSPS) is 10.9. The van der Waals surface area contributed by atoms with Crippen LogP contribution in [0.25, 0.3) is 11.0 Å². The molecule has 0 bridgehead atoms. The standard InChI is InChI=1S/C22H25FN4O2/c1-3-4-13-26(2)21(28)15-27-19-12-8-7-11-18(19)25-20(27)14-24-22(29)16-9-5-6-10-17(16)23/h5-12H,3-4,13-15H2,1-2H3,(H,24,29). The summed E-state index contributed by atoms with van der Waals surface area (Å²) in [6.45, 7) is 3.00. The molecule has 0 saturated carbocycles. The Balaban J connectivity index is 1.80. The number of nitrogens with zero attached hydrogens (tertiary/aromatic N) is 3. The maximum absolute atomic E-state index is 13.8. The first kappa shape index (κ1) is 20.5. The Bertz CT molecular complexity index is 1010. The van der Waals surface area contributed by atoms with Gasteiger partial charge in [0.1, 0.15) is 18.2 Å². The first-order valence-electron chi connectivity index (χ1n) is 9.72. The number of rotatable bonds is 8. The molecule has 1 N–H and O–H groups in total. The van der Waals surface area contributed by atoms with Crippen LogP contribution in [-0.2, 0) is 17.9 Å². The van der Waals surface area contributed by atoms with Crippen LogP contribution < -0.4 is 5.32 Å². The second kappa shape index (κ2) is 9.32. The highest BCUT2D eigenvalue weighted by Crippen LogP contribution is 2.17. The second-order valence-corrected chi connectivity index (χ2v) is 6.93. The van der Waals surface area contributed by atoms with E-state index in [1.807, 2.05) is 28.8 Å². The molecule has 0 atom stereocenters. The Hall–Kier alpha value is -3.22. The number of benzene rings is 2. The predicted molar refractivity (Wildman–Crippen MR) is 110 cm³/mol. The minimum absolute atomic E-state index is 0.0227. The van der Waals surface area contributed by atoms with E-state index in [0.29, 0.717) is 12.4 Å². The van der Waals surface area contributed by atoms with Crippen LogP contribution >= 0.6 is 0 Å². The predicted octanol–water partition coefficient (Wildman–Crippen LogP) is 3.36. The van der Waals surface area contributed by atoms with Crippen LogP contribution in [0.4, 0.5) is 4.39 Å². The molecule has 3 rings (SSSR count). The molecule has 152 valence electrons. The number of halogens is 1. The van der Waals surface area contributed by atoms with Crippen LogP contribution in [0.15, 0.2) is 48.5 Å². The number of para-hydroxylation sites is 2. The number of fused-ring (bicyclic) bond motifs is 1. The Morgan fingerprint density at radius 3 is 2.62 bits per heavy atom. The lowest BCUT2D eigenvalue weighted by atomic mass is 10.2. The van der Waals surface area contributed by atoms with Gasteiger partial charge in [-0.15, -0.1) is 0 Å². The van der Waals surface area contributed by atoms with Crippen LogP contribution in [-0.4, -0.2) is 39.9 Å². The first-order chi connectivity index (χ1) is 14.0. The summed E-state index contributed by atoms with van der Waals surface area (Å²) in [6.07, 6.45) is 1.96. The third kappa shape index (κ3) is 4.80. The lowest BCUT2D eigenvalue weighted by Gasteiger charge is -2.18. The summed E-state index contributed by atoms with van der Waals surface area (Å²) in [5, 5.41) is 2.71. The highest BCUT2D eigenvalue weighted by molar-refractivity contribution is 5.94. The first-order valence-corrected chi connectivity index (χ1v) is 9.72. The molecule has 6 nitrogen and oxygen atoms in total. The molecule has 29 heavy (non-hydrogen) atoms. The van der Waals surface area contributed by atoms with E-state index in [-0.39, 0.29) is 24.6 Å². The molecule has 0 aliphatic heterocycles. The quantitative estimate of drug-likeness (QED) is 0.635. The fourth-order valence-corrected chi connectivity index (χ4v) is 3.11. The van der Waals surface area contributed by atoms with Crippen molar-refractivity contribution in [3.8, 4) is 0 Å². The fourth-order valence-electron chi connectivity index (χ4n) is 3.11. The number of hydrogen-bond donors (Lipinski definition) is 1. The third-order valence-electron chi connectivity index (χ3n) is 4.83. The summed E-state index contributed by atoms with van der Waals surface area (Å²) in [5.41, 5.74) is 1.54. The topological polar surface area (TPSA) is 67.2 Å². The molecule has 2 aromatic carbocycles. The number of hydrogen-bond acceptors (Lipinski definition) is 3. The van der Waals surface area contributed by atoms with Crippen LogP contribution in [0.5, 0.6) is 0 Å². The Labute approximate surface area is 169 Å². The fraction of sp³-hybridized carbons (Fsp3) is 0.318. The second-order valence-electron chi connectivity index (χ2n) is 6.93. The zero-order chi connectivity index (χ0) is 20.8. The van der Waals surface area contributed by atoms with Crippen molar-refractivity contribution in [2.45, 2.75) is 32.9 Å². The summed E-state index contributed by atoms with van der Waals surface area (Å²) < 4.78 is 15.7. The molecule has 2 amide bonds. The van der Waals surface area contributed by atoms with E-state index in [9.17, 15) is 14.0 Å². The number of aromatic nitrogens is 2. The number of imidazole rings is 1. The van der Waals surface area contributed by atoms with E-state index < -0.39 is 11.7 Å². The van der Waals surface area contributed by atoms with Gasteiger partial charge in [-0.3, -0.25) is 9.59 Å². The molecule has 0 unspecified atom stereocenters. The molecule has 0 radical (unpaired) electrons. The SMILES string of the molecule is CCCCN(C)C(=O)Cn1c(CNC(=O)c2ccccc2F)nc2ccccc21. The number of unbranched alkanes of at least 4 members (excludes halogenated alkanes) is 1. The van der Waals surface area contributed by atoms with Crippen molar-refractivity contribution >= 4 is 22.8 Å². The molecule has 0 fully saturated rings. The van der Waals surface area contributed by atoms with E-state index >= 15 is 0 Å². The lowest BCUT2D eigenvalue weighted by Crippen LogP contribution is -2.32. The number of likely N-dealkylation sites (N-methyl/N-ethyl adjacent to an activating group) is 1. The van der Waals surface area contributed by atoms with Crippen LogP contribution in [0.3, 0.4) is 0 Å². The highest BCUT2D eigenvalue weighted by Gasteiger charge is 2.17. The molecule has 7 heteroatoms. The van der Waals surface area contributed by atoms with Gasteiger partial charge in [-0.05, 0) is 30.7 Å². The monoisotopic (exact) mass is 396 g/mol. The molecule has 0 saturated heterocycles. The molecular formula is C22H25FN4O2. The van der Waals surface area contributed by atoms with Crippen molar-refractivity contribution in [2.24, 2.45) is 0 Å². The van der Waals surface area contributed by atoms with E-state index in [1.165, 1.54) is 18.2 Å². The average molecular weight is 396 g/mol. The van der Waals surface area contributed by atoms with Crippen molar-refractivity contribution in [2.75, 3.05) is 13.6 Å². The number of carbonyl (C=O) groups is 2. The summed E-state index contributed by atoms with van der Waals surface area (Å²) >= 11 is 0. The zero-order valence-corrected chi connectivity index (χ0v) is 16.7. The maximum atomic E-state index is 13.8. The van der Waals surface area contributed by atoms with Crippen molar-refractivity contribution in [1.29, 1.82) is 0 Å². The molecule has 0 aliphatic carbocycles. The molecular weight excluding hydrogens is 371 g/mol. The average Bonchev–Trinajstić information content (AvgIpc) is 3.08. The van der Waals surface area contributed by atoms with Gasteiger partial charge in [-0.1, -0.05) is 37.6 Å². The van der Waals surface area contributed by atoms with Gasteiger partial charge in [0.05, 0.1) is 23.1 Å². The summed E-state index contributed by atoms with van der Waals surface area (Å²) in [4.78, 5) is 31.3. The number of amides is 2. The summed E-state index contributed by atoms with van der Waals surface area (Å²) in [7, 11) is 1.79. The van der Waals surface area contributed by atoms with Gasteiger partial charge >= 0.3 is 0 Å². The van der Waals surface area contributed by atoms with Crippen molar-refractivity contribution < 1.29 is 14.0 Å². The molecule has 0 aliphatic rings. The van der Waals surface area contributed by atoms with Crippen molar-refractivity contribution in [1.82, 2.24) is 19.8 Å². The van der Waals surface area contributed by atoms with Crippen LogP contribution in [0.1, 0.15) is 35.9 Å².